The fraction of sp³-hybridized carbons (Fsp3) is 0.727. The second-order valence-corrected chi connectivity index (χ2v) is 8.36. The first-order valence-corrected chi connectivity index (χ1v) is 10.7. The minimum absolute atomic E-state index is 0.0290. The highest BCUT2D eigenvalue weighted by molar-refractivity contribution is 5.19. The van der Waals surface area contributed by atoms with Crippen molar-refractivity contribution in [1.82, 2.24) is 14.7 Å². The summed E-state index contributed by atoms with van der Waals surface area (Å²) in [6.07, 6.45) is 2.54. The SMILES string of the molecule is COC(CN)CC(C(O)c1ccccc1)N1CCC(N2CCN(C)CC2)CC1. The van der Waals surface area contributed by atoms with Gasteiger partial charge in [-0.1, -0.05) is 30.3 Å². The van der Waals surface area contributed by atoms with Crippen LogP contribution in [-0.2, 0) is 4.74 Å². The molecule has 3 atom stereocenters. The van der Waals surface area contributed by atoms with E-state index in [0.717, 1.165) is 25.1 Å². The number of rotatable bonds is 8. The molecule has 3 N–H and O–H groups in total. The highest BCUT2D eigenvalue weighted by atomic mass is 16.5. The van der Waals surface area contributed by atoms with E-state index in [1.807, 2.05) is 30.3 Å². The third-order valence-electron chi connectivity index (χ3n) is 6.63. The molecule has 2 fully saturated rings. The lowest BCUT2D eigenvalue weighted by molar-refractivity contribution is -0.0177. The lowest BCUT2D eigenvalue weighted by atomic mass is 9.92. The zero-order valence-electron chi connectivity index (χ0n) is 17.5. The number of ether oxygens (including phenoxy) is 1. The molecule has 0 bridgehead atoms. The number of hydrogen-bond donors (Lipinski definition) is 2. The summed E-state index contributed by atoms with van der Waals surface area (Å²) in [6.45, 7) is 7.21. The molecule has 6 heteroatoms. The van der Waals surface area contributed by atoms with Crippen molar-refractivity contribution in [2.45, 2.75) is 43.6 Å². The highest BCUT2D eigenvalue weighted by Crippen LogP contribution is 2.29. The Morgan fingerprint density at radius 2 is 1.71 bits per heavy atom. The Balaban J connectivity index is 1.63. The summed E-state index contributed by atoms with van der Waals surface area (Å²) in [5, 5.41) is 11.2. The average Bonchev–Trinajstić information content (AvgIpc) is 2.76. The lowest BCUT2D eigenvalue weighted by Gasteiger charge is -2.45. The largest absolute Gasteiger partial charge is 0.387 e. The van der Waals surface area contributed by atoms with Crippen LogP contribution in [-0.4, -0.2) is 98.0 Å². The van der Waals surface area contributed by atoms with Crippen molar-refractivity contribution in [3.8, 4) is 0 Å². The van der Waals surface area contributed by atoms with Gasteiger partial charge in [0.15, 0.2) is 0 Å². The van der Waals surface area contributed by atoms with E-state index in [1.54, 1.807) is 7.11 Å². The van der Waals surface area contributed by atoms with Gasteiger partial charge in [-0.05, 0) is 31.9 Å². The Hall–Kier alpha value is -1.02. The Kier molecular flexibility index (Phi) is 8.26. The lowest BCUT2D eigenvalue weighted by Crippen LogP contribution is -2.54. The van der Waals surface area contributed by atoms with Crippen LogP contribution in [0.1, 0.15) is 30.9 Å². The van der Waals surface area contributed by atoms with Crippen LogP contribution in [0.25, 0.3) is 0 Å². The molecule has 3 unspecified atom stereocenters. The van der Waals surface area contributed by atoms with Crippen molar-refractivity contribution in [2.24, 2.45) is 5.73 Å². The molecule has 3 rings (SSSR count). The molecule has 0 aromatic heterocycles. The smallest absolute Gasteiger partial charge is 0.0946 e. The Labute approximate surface area is 170 Å². The maximum absolute atomic E-state index is 11.2. The van der Waals surface area contributed by atoms with Crippen molar-refractivity contribution in [1.29, 1.82) is 0 Å². The molecule has 2 heterocycles. The number of hydrogen-bond acceptors (Lipinski definition) is 6. The van der Waals surface area contributed by atoms with E-state index in [4.69, 9.17) is 10.5 Å². The van der Waals surface area contributed by atoms with Crippen LogP contribution in [0.15, 0.2) is 30.3 Å². The predicted molar refractivity (Wildman–Crippen MR) is 113 cm³/mol. The highest BCUT2D eigenvalue weighted by Gasteiger charge is 2.34. The molecule has 28 heavy (non-hydrogen) atoms. The van der Waals surface area contributed by atoms with Crippen LogP contribution in [0.5, 0.6) is 0 Å². The first-order chi connectivity index (χ1) is 13.6. The summed E-state index contributed by atoms with van der Waals surface area (Å²) >= 11 is 0. The number of aliphatic hydroxyl groups is 1. The van der Waals surface area contributed by atoms with E-state index < -0.39 is 6.10 Å². The molecule has 0 spiro atoms. The zero-order valence-corrected chi connectivity index (χ0v) is 17.5. The molecule has 0 amide bonds. The number of nitrogens with zero attached hydrogens (tertiary/aromatic N) is 3. The number of nitrogens with two attached hydrogens (primary N) is 1. The van der Waals surface area contributed by atoms with Crippen LogP contribution in [0.2, 0.25) is 0 Å². The number of methoxy groups -OCH3 is 1. The monoisotopic (exact) mass is 390 g/mol. The number of aliphatic hydroxyl groups excluding tert-OH is 1. The van der Waals surface area contributed by atoms with E-state index in [1.165, 1.54) is 39.0 Å². The predicted octanol–water partition coefficient (Wildman–Crippen LogP) is 1.16. The summed E-state index contributed by atoms with van der Waals surface area (Å²) in [6, 6.07) is 10.7. The normalized spacial score (nSPS) is 24.1. The van der Waals surface area contributed by atoms with Crippen molar-refractivity contribution in [3.63, 3.8) is 0 Å². The van der Waals surface area contributed by atoms with Gasteiger partial charge in [0.05, 0.1) is 12.2 Å². The molecule has 2 saturated heterocycles. The van der Waals surface area contributed by atoms with E-state index in [9.17, 15) is 5.11 Å². The molecule has 1 aromatic rings. The summed E-state index contributed by atoms with van der Waals surface area (Å²) in [7, 11) is 3.92. The minimum Gasteiger partial charge on any atom is -0.387 e. The second-order valence-electron chi connectivity index (χ2n) is 8.36. The summed E-state index contributed by atoms with van der Waals surface area (Å²) in [5.74, 6) is 0. The Bertz CT molecular complexity index is 553. The van der Waals surface area contributed by atoms with Gasteiger partial charge in [0, 0.05) is 65.0 Å². The Morgan fingerprint density at radius 1 is 1.07 bits per heavy atom. The van der Waals surface area contributed by atoms with E-state index in [0.29, 0.717) is 12.6 Å². The second kappa shape index (κ2) is 10.7. The molecule has 1 aromatic carbocycles. The molecular weight excluding hydrogens is 352 g/mol. The van der Waals surface area contributed by atoms with Gasteiger partial charge in [-0.25, -0.2) is 0 Å². The number of piperidine rings is 1. The van der Waals surface area contributed by atoms with Crippen LogP contribution in [0, 0.1) is 0 Å². The first-order valence-electron chi connectivity index (χ1n) is 10.7. The third-order valence-corrected chi connectivity index (χ3v) is 6.63. The maximum Gasteiger partial charge on any atom is 0.0946 e. The van der Waals surface area contributed by atoms with Crippen LogP contribution in [0.3, 0.4) is 0 Å². The maximum atomic E-state index is 11.2. The van der Waals surface area contributed by atoms with E-state index in [-0.39, 0.29) is 12.1 Å². The average molecular weight is 391 g/mol. The summed E-state index contributed by atoms with van der Waals surface area (Å²) in [5.41, 5.74) is 6.87. The fourth-order valence-electron chi connectivity index (χ4n) is 4.68. The van der Waals surface area contributed by atoms with Crippen molar-refractivity contribution >= 4 is 0 Å². The van der Waals surface area contributed by atoms with Gasteiger partial charge in [0.1, 0.15) is 0 Å². The molecule has 0 saturated carbocycles. The number of benzene rings is 1. The van der Waals surface area contributed by atoms with Gasteiger partial charge in [-0.2, -0.15) is 0 Å². The van der Waals surface area contributed by atoms with Crippen LogP contribution >= 0.6 is 0 Å². The topological polar surface area (TPSA) is 65.2 Å². The molecule has 0 radical (unpaired) electrons. The van der Waals surface area contributed by atoms with Gasteiger partial charge >= 0.3 is 0 Å². The van der Waals surface area contributed by atoms with Crippen LogP contribution in [0.4, 0.5) is 0 Å². The first kappa shape index (κ1) is 21.7. The van der Waals surface area contributed by atoms with Crippen molar-refractivity contribution in [3.05, 3.63) is 35.9 Å². The van der Waals surface area contributed by atoms with E-state index in [2.05, 4.69) is 21.7 Å². The summed E-state index contributed by atoms with van der Waals surface area (Å²) < 4.78 is 5.56. The van der Waals surface area contributed by atoms with Crippen molar-refractivity contribution in [2.75, 3.05) is 60.0 Å². The fourth-order valence-corrected chi connectivity index (χ4v) is 4.68. The van der Waals surface area contributed by atoms with E-state index >= 15 is 0 Å². The van der Waals surface area contributed by atoms with Crippen LogP contribution < -0.4 is 5.73 Å². The molecule has 2 aliphatic rings. The molecule has 158 valence electrons. The van der Waals surface area contributed by atoms with Gasteiger partial charge in [0.2, 0.25) is 0 Å². The quantitative estimate of drug-likeness (QED) is 0.695. The van der Waals surface area contributed by atoms with Gasteiger partial charge in [-0.3, -0.25) is 9.80 Å². The third kappa shape index (κ3) is 5.53. The molecule has 6 nitrogen and oxygen atoms in total. The van der Waals surface area contributed by atoms with Gasteiger partial charge in [0.25, 0.3) is 0 Å². The molecular formula is C22H38N4O2. The van der Waals surface area contributed by atoms with Crippen molar-refractivity contribution < 1.29 is 9.84 Å². The number of likely N-dealkylation sites (tertiary alicyclic amines) is 1. The molecule has 0 aliphatic carbocycles. The van der Waals surface area contributed by atoms with Gasteiger partial charge < -0.3 is 20.5 Å². The van der Waals surface area contributed by atoms with Gasteiger partial charge in [-0.15, -0.1) is 0 Å². The molecule has 2 aliphatic heterocycles. The number of likely N-dealkylation sites (N-methyl/N-ethyl adjacent to an activating group) is 1. The minimum atomic E-state index is -0.523. The standard InChI is InChI=1S/C22H38N4O2/c1-24-12-14-25(15-13-24)19-8-10-26(11-9-19)21(16-20(17-23)28-2)22(27)18-6-4-3-5-7-18/h3-7,19-22,27H,8-17,23H2,1-2H3. The Morgan fingerprint density at radius 3 is 2.29 bits per heavy atom. The number of piperazine rings is 1. The zero-order chi connectivity index (χ0) is 19.9. The summed E-state index contributed by atoms with van der Waals surface area (Å²) in [4.78, 5) is 7.54.